The first-order valence-corrected chi connectivity index (χ1v) is 20.2. The van der Waals surface area contributed by atoms with Gasteiger partial charge in [-0.25, -0.2) is 0 Å². The quantitative estimate of drug-likeness (QED) is 0.0388. The van der Waals surface area contributed by atoms with Gasteiger partial charge in [0.2, 0.25) is 0 Å². The average Bonchev–Trinajstić information content (AvgIpc) is 2.99. The standard InChI is InChI=1S/C41H83N2O/c1-6-9-11-13-15-17-19-21-23-24-26-28-30-32-34-36-38-42(41(44)40-43(4,5)39-8-3)37-35-33-31-29-27-25-22-20-18-16-14-12-10-7-2/h8H,3,6-7,9-40H2,1-2,4-5H3/q+1. The third kappa shape index (κ3) is 31.2. The second-order valence-corrected chi connectivity index (χ2v) is 14.8. The maximum absolute atomic E-state index is 13.3. The fourth-order valence-electron chi connectivity index (χ4n) is 6.59. The lowest BCUT2D eigenvalue weighted by Gasteiger charge is -2.31. The van der Waals surface area contributed by atoms with Crippen LogP contribution in [0, 0.1) is 0 Å². The van der Waals surface area contributed by atoms with Crippen molar-refractivity contribution >= 4 is 5.91 Å². The third-order valence-corrected chi connectivity index (χ3v) is 9.60. The van der Waals surface area contributed by atoms with Gasteiger partial charge in [-0.2, -0.15) is 0 Å². The molecule has 0 radical (unpaired) electrons. The predicted molar refractivity (Wildman–Crippen MR) is 198 cm³/mol. The van der Waals surface area contributed by atoms with Crippen molar-refractivity contribution in [2.45, 2.75) is 206 Å². The molecule has 3 nitrogen and oxygen atoms in total. The summed E-state index contributed by atoms with van der Waals surface area (Å²) in [5, 5.41) is 0. The monoisotopic (exact) mass is 620 g/mol. The molecule has 1 amide bonds. The maximum Gasteiger partial charge on any atom is 0.277 e. The highest BCUT2D eigenvalue weighted by atomic mass is 16.2. The molecule has 0 fully saturated rings. The highest BCUT2D eigenvalue weighted by Gasteiger charge is 2.23. The van der Waals surface area contributed by atoms with E-state index < -0.39 is 0 Å². The molecule has 0 saturated heterocycles. The van der Waals surface area contributed by atoms with Gasteiger partial charge in [0.1, 0.15) is 0 Å². The van der Waals surface area contributed by atoms with E-state index >= 15 is 0 Å². The van der Waals surface area contributed by atoms with Gasteiger partial charge in [0.15, 0.2) is 6.54 Å². The van der Waals surface area contributed by atoms with Crippen LogP contribution in [0.3, 0.4) is 0 Å². The molecular weight excluding hydrogens is 536 g/mol. The zero-order chi connectivity index (χ0) is 32.4. The number of carbonyl (C=O) groups excluding carboxylic acids is 1. The average molecular weight is 620 g/mol. The summed E-state index contributed by atoms with van der Waals surface area (Å²) >= 11 is 0. The number of amides is 1. The topological polar surface area (TPSA) is 20.3 Å². The molecule has 262 valence electrons. The Morgan fingerprint density at radius 2 is 0.727 bits per heavy atom. The van der Waals surface area contributed by atoms with E-state index in [0.29, 0.717) is 16.9 Å². The summed E-state index contributed by atoms with van der Waals surface area (Å²) in [6.07, 6.45) is 43.5. The second kappa shape index (κ2) is 33.5. The van der Waals surface area contributed by atoms with Crippen LogP contribution in [0.4, 0.5) is 0 Å². The smallest absolute Gasteiger partial charge is 0.277 e. The van der Waals surface area contributed by atoms with Crippen molar-refractivity contribution in [2.24, 2.45) is 0 Å². The van der Waals surface area contributed by atoms with Crippen molar-refractivity contribution in [3.8, 4) is 0 Å². The highest BCUT2D eigenvalue weighted by molar-refractivity contribution is 5.77. The highest BCUT2D eigenvalue weighted by Crippen LogP contribution is 2.16. The van der Waals surface area contributed by atoms with Gasteiger partial charge in [-0.05, 0) is 18.9 Å². The minimum absolute atomic E-state index is 0.340. The van der Waals surface area contributed by atoms with E-state index in [-0.39, 0.29) is 0 Å². The van der Waals surface area contributed by atoms with E-state index in [2.05, 4.69) is 39.4 Å². The Bertz CT molecular complexity index is 601. The summed E-state index contributed by atoms with van der Waals surface area (Å²) < 4.78 is 0.705. The Morgan fingerprint density at radius 3 is 0.977 bits per heavy atom. The van der Waals surface area contributed by atoms with Crippen molar-refractivity contribution in [1.29, 1.82) is 0 Å². The fraction of sp³-hybridized carbons (Fsp3) is 0.927. The Kier molecular flexibility index (Phi) is 32.9. The van der Waals surface area contributed by atoms with Gasteiger partial charge in [-0.3, -0.25) is 4.79 Å². The first-order chi connectivity index (χ1) is 21.5. The Labute approximate surface area is 279 Å². The van der Waals surface area contributed by atoms with Crippen molar-refractivity contribution in [3.05, 3.63) is 12.7 Å². The minimum Gasteiger partial charge on any atom is -0.338 e. The first-order valence-electron chi connectivity index (χ1n) is 20.2. The molecular formula is C41H83N2O+. The molecule has 0 aromatic heterocycles. The van der Waals surface area contributed by atoms with E-state index in [4.69, 9.17) is 0 Å². The van der Waals surface area contributed by atoms with Crippen LogP contribution in [0.5, 0.6) is 0 Å². The molecule has 0 heterocycles. The summed E-state index contributed by atoms with van der Waals surface area (Å²) in [4.78, 5) is 15.5. The summed E-state index contributed by atoms with van der Waals surface area (Å²) in [6, 6.07) is 0. The molecule has 0 atom stereocenters. The summed E-state index contributed by atoms with van der Waals surface area (Å²) in [7, 11) is 4.30. The van der Waals surface area contributed by atoms with Gasteiger partial charge in [0, 0.05) is 13.1 Å². The van der Waals surface area contributed by atoms with Gasteiger partial charge >= 0.3 is 0 Å². The second-order valence-electron chi connectivity index (χ2n) is 14.8. The summed E-state index contributed by atoms with van der Waals surface area (Å²) in [6.45, 7) is 11.8. The molecule has 0 aliphatic rings. The molecule has 0 aromatic carbocycles. The molecule has 0 aliphatic carbocycles. The summed E-state index contributed by atoms with van der Waals surface area (Å²) in [5.41, 5.74) is 0. The molecule has 3 heteroatoms. The number of hydrogen-bond acceptors (Lipinski definition) is 1. The van der Waals surface area contributed by atoms with Crippen LogP contribution in [-0.2, 0) is 4.79 Å². The first kappa shape index (κ1) is 43.2. The van der Waals surface area contributed by atoms with E-state index in [1.807, 2.05) is 6.08 Å². The van der Waals surface area contributed by atoms with E-state index in [1.54, 1.807) is 0 Å². The van der Waals surface area contributed by atoms with Crippen LogP contribution in [0.1, 0.15) is 206 Å². The van der Waals surface area contributed by atoms with Gasteiger partial charge in [-0.1, -0.05) is 200 Å². The molecule has 0 aliphatic heterocycles. The van der Waals surface area contributed by atoms with Gasteiger partial charge in [0.25, 0.3) is 5.91 Å². The fourth-order valence-corrected chi connectivity index (χ4v) is 6.59. The number of rotatable bonds is 36. The van der Waals surface area contributed by atoms with Crippen molar-refractivity contribution in [1.82, 2.24) is 4.90 Å². The zero-order valence-corrected chi connectivity index (χ0v) is 31.1. The lowest BCUT2D eigenvalue weighted by molar-refractivity contribution is -0.876. The van der Waals surface area contributed by atoms with Crippen LogP contribution >= 0.6 is 0 Å². The number of hydrogen-bond donors (Lipinski definition) is 0. The maximum atomic E-state index is 13.3. The molecule has 0 aromatic rings. The predicted octanol–water partition coefficient (Wildman–Crippen LogP) is 12.8. The zero-order valence-electron chi connectivity index (χ0n) is 31.1. The molecule has 44 heavy (non-hydrogen) atoms. The number of nitrogens with zero attached hydrogens (tertiary/aromatic N) is 2. The molecule has 0 spiro atoms. The number of likely N-dealkylation sites (N-methyl/N-ethyl adjacent to an activating group) is 1. The van der Waals surface area contributed by atoms with Gasteiger partial charge in [-0.15, -0.1) is 0 Å². The van der Waals surface area contributed by atoms with Crippen LogP contribution in [-0.4, -0.2) is 55.6 Å². The third-order valence-electron chi connectivity index (χ3n) is 9.60. The molecule has 0 saturated carbocycles. The number of unbranched alkanes of at least 4 members (excludes halogenated alkanes) is 28. The SMILES string of the molecule is C=CC[N+](C)(C)CC(=O)N(CCCCCCCCCCCCCCCC)CCCCCCCCCCCCCCCCCC. The number of quaternary nitrogens is 1. The van der Waals surface area contributed by atoms with Gasteiger partial charge < -0.3 is 9.38 Å². The molecule has 0 rings (SSSR count). The van der Waals surface area contributed by atoms with Crippen molar-refractivity contribution in [2.75, 3.05) is 40.3 Å². The minimum atomic E-state index is 0.340. The normalized spacial score (nSPS) is 11.7. The number of carbonyl (C=O) groups is 1. The van der Waals surface area contributed by atoms with Crippen LogP contribution in [0.25, 0.3) is 0 Å². The van der Waals surface area contributed by atoms with Crippen molar-refractivity contribution < 1.29 is 9.28 Å². The van der Waals surface area contributed by atoms with Crippen LogP contribution in [0.2, 0.25) is 0 Å². The summed E-state index contributed by atoms with van der Waals surface area (Å²) in [5.74, 6) is 0.340. The van der Waals surface area contributed by atoms with Crippen LogP contribution < -0.4 is 0 Å². The Morgan fingerprint density at radius 1 is 0.477 bits per heavy atom. The van der Waals surface area contributed by atoms with E-state index in [0.717, 1.165) is 32.5 Å². The lowest BCUT2D eigenvalue weighted by Crippen LogP contribution is -2.49. The van der Waals surface area contributed by atoms with E-state index in [9.17, 15) is 4.79 Å². The lowest BCUT2D eigenvalue weighted by atomic mass is 10.0. The largest absolute Gasteiger partial charge is 0.338 e. The van der Waals surface area contributed by atoms with Crippen LogP contribution in [0.15, 0.2) is 12.7 Å². The van der Waals surface area contributed by atoms with E-state index in [1.165, 1.54) is 180 Å². The Balaban J connectivity index is 3.98. The van der Waals surface area contributed by atoms with Gasteiger partial charge in [0.05, 0.1) is 20.6 Å². The Hall–Kier alpha value is -0.830. The molecule has 0 unspecified atom stereocenters. The molecule has 0 N–H and O–H groups in total. The van der Waals surface area contributed by atoms with Crippen molar-refractivity contribution in [3.63, 3.8) is 0 Å². The molecule has 0 bridgehead atoms.